The SMILES string of the molecule is c1cc(C2C[C@@H]2NCC2CCNCC2)ccc1C1CC1. The fraction of sp³-hybridized carbons (Fsp3) is 0.667. The van der Waals surface area contributed by atoms with E-state index in [-0.39, 0.29) is 0 Å². The highest BCUT2D eigenvalue weighted by molar-refractivity contribution is 5.33. The number of hydrogen-bond donors (Lipinski definition) is 2. The molecule has 2 atom stereocenters. The number of hydrogen-bond acceptors (Lipinski definition) is 2. The van der Waals surface area contributed by atoms with Crippen LogP contribution in [-0.2, 0) is 0 Å². The second-order valence-corrected chi connectivity index (χ2v) is 6.99. The molecule has 3 fully saturated rings. The molecule has 108 valence electrons. The zero-order valence-electron chi connectivity index (χ0n) is 12.3. The standard InChI is InChI=1S/C18H26N2/c1-2-14(1)15-3-5-16(6-4-15)17-11-18(17)20-12-13-7-9-19-10-8-13/h3-6,13-14,17-20H,1-2,7-12H2/t17?,18-/m0/s1. The Kier molecular flexibility index (Phi) is 3.53. The van der Waals surface area contributed by atoms with Crippen molar-refractivity contribution in [3.05, 3.63) is 35.4 Å². The van der Waals surface area contributed by atoms with Gasteiger partial charge in [-0.05, 0) is 74.7 Å². The van der Waals surface area contributed by atoms with Crippen molar-refractivity contribution in [2.75, 3.05) is 19.6 Å². The lowest BCUT2D eigenvalue weighted by Crippen LogP contribution is -2.34. The molecule has 2 heteroatoms. The van der Waals surface area contributed by atoms with E-state index in [1.165, 1.54) is 51.7 Å². The molecule has 0 bridgehead atoms. The normalized spacial score (nSPS) is 30.4. The Hall–Kier alpha value is -0.860. The molecule has 0 amide bonds. The van der Waals surface area contributed by atoms with Crippen molar-refractivity contribution in [2.24, 2.45) is 5.92 Å². The third-order valence-electron chi connectivity index (χ3n) is 5.33. The van der Waals surface area contributed by atoms with Gasteiger partial charge in [-0.25, -0.2) is 0 Å². The summed E-state index contributed by atoms with van der Waals surface area (Å²) in [5.74, 6) is 2.57. The molecule has 20 heavy (non-hydrogen) atoms. The third-order valence-corrected chi connectivity index (χ3v) is 5.33. The fourth-order valence-corrected chi connectivity index (χ4v) is 3.62. The first-order chi connectivity index (χ1) is 9.90. The van der Waals surface area contributed by atoms with E-state index in [4.69, 9.17) is 0 Å². The molecule has 2 saturated carbocycles. The monoisotopic (exact) mass is 270 g/mol. The summed E-state index contributed by atoms with van der Waals surface area (Å²) in [5, 5.41) is 7.24. The zero-order chi connectivity index (χ0) is 13.4. The van der Waals surface area contributed by atoms with Crippen molar-refractivity contribution in [2.45, 2.75) is 50.0 Å². The summed E-state index contributed by atoms with van der Waals surface area (Å²) >= 11 is 0. The first kappa shape index (κ1) is 12.8. The summed E-state index contributed by atoms with van der Waals surface area (Å²) < 4.78 is 0. The molecule has 1 saturated heterocycles. The lowest BCUT2D eigenvalue weighted by atomic mass is 9.98. The van der Waals surface area contributed by atoms with Gasteiger partial charge in [0, 0.05) is 12.0 Å². The van der Waals surface area contributed by atoms with Crippen molar-refractivity contribution in [3.8, 4) is 0 Å². The lowest BCUT2D eigenvalue weighted by Gasteiger charge is -2.22. The number of nitrogens with one attached hydrogen (secondary N) is 2. The van der Waals surface area contributed by atoms with Crippen LogP contribution >= 0.6 is 0 Å². The molecular formula is C18H26N2. The predicted octanol–water partition coefficient (Wildman–Crippen LogP) is 3.01. The number of rotatable bonds is 5. The molecule has 1 heterocycles. The van der Waals surface area contributed by atoms with Crippen molar-refractivity contribution in [1.29, 1.82) is 0 Å². The van der Waals surface area contributed by atoms with Crippen LogP contribution in [0.15, 0.2) is 24.3 Å². The maximum absolute atomic E-state index is 3.80. The molecule has 2 nitrogen and oxygen atoms in total. The topological polar surface area (TPSA) is 24.1 Å². The van der Waals surface area contributed by atoms with Crippen molar-refractivity contribution in [1.82, 2.24) is 10.6 Å². The molecule has 1 aromatic rings. The van der Waals surface area contributed by atoms with Crippen LogP contribution in [0.4, 0.5) is 0 Å². The minimum absolute atomic E-state index is 0.747. The Balaban J connectivity index is 1.26. The molecule has 3 aliphatic rings. The van der Waals surface area contributed by atoms with E-state index in [0.717, 1.165) is 23.8 Å². The molecule has 1 aromatic carbocycles. The Morgan fingerprint density at radius 3 is 2.35 bits per heavy atom. The van der Waals surface area contributed by atoms with Crippen LogP contribution in [0.5, 0.6) is 0 Å². The van der Waals surface area contributed by atoms with Crippen molar-refractivity contribution < 1.29 is 0 Å². The van der Waals surface area contributed by atoms with Gasteiger partial charge in [-0.15, -0.1) is 0 Å². The molecule has 1 unspecified atom stereocenters. The van der Waals surface area contributed by atoms with Gasteiger partial charge >= 0.3 is 0 Å². The second-order valence-electron chi connectivity index (χ2n) is 6.99. The first-order valence-corrected chi connectivity index (χ1v) is 8.44. The predicted molar refractivity (Wildman–Crippen MR) is 83.2 cm³/mol. The van der Waals surface area contributed by atoms with Gasteiger partial charge < -0.3 is 10.6 Å². The second kappa shape index (κ2) is 5.50. The maximum atomic E-state index is 3.80. The van der Waals surface area contributed by atoms with E-state index in [1.807, 2.05) is 0 Å². The van der Waals surface area contributed by atoms with Gasteiger partial charge in [0.2, 0.25) is 0 Å². The third kappa shape index (κ3) is 2.91. The largest absolute Gasteiger partial charge is 0.317 e. The summed E-state index contributed by atoms with van der Waals surface area (Å²) in [7, 11) is 0. The molecule has 4 rings (SSSR count). The highest BCUT2D eigenvalue weighted by atomic mass is 15.0. The summed E-state index contributed by atoms with van der Waals surface area (Å²) in [6.45, 7) is 3.65. The quantitative estimate of drug-likeness (QED) is 0.859. The Bertz CT molecular complexity index is 443. The molecule has 0 radical (unpaired) electrons. The van der Waals surface area contributed by atoms with Crippen molar-refractivity contribution in [3.63, 3.8) is 0 Å². The van der Waals surface area contributed by atoms with Crippen LogP contribution in [0.25, 0.3) is 0 Å². The first-order valence-electron chi connectivity index (χ1n) is 8.44. The van der Waals surface area contributed by atoms with Gasteiger partial charge in [0.05, 0.1) is 0 Å². The summed E-state index contributed by atoms with van der Waals surface area (Å²) in [4.78, 5) is 0. The zero-order valence-corrected chi connectivity index (χ0v) is 12.3. The maximum Gasteiger partial charge on any atom is 0.0143 e. The molecule has 2 N–H and O–H groups in total. The van der Waals surface area contributed by atoms with Gasteiger partial charge in [-0.2, -0.15) is 0 Å². The average molecular weight is 270 g/mol. The Morgan fingerprint density at radius 1 is 0.950 bits per heavy atom. The van der Waals surface area contributed by atoms with E-state index < -0.39 is 0 Å². The Labute approximate surface area is 122 Å². The van der Waals surface area contributed by atoms with Gasteiger partial charge in [-0.3, -0.25) is 0 Å². The molecule has 0 spiro atoms. The van der Waals surface area contributed by atoms with Crippen molar-refractivity contribution >= 4 is 0 Å². The summed E-state index contributed by atoms with van der Waals surface area (Å²) in [6.07, 6.45) is 6.85. The number of benzene rings is 1. The van der Waals surface area contributed by atoms with E-state index in [9.17, 15) is 0 Å². The van der Waals surface area contributed by atoms with Crippen LogP contribution in [0, 0.1) is 5.92 Å². The van der Waals surface area contributed by atoms with Gasteiger partial charge in [-0.1, -0.05) is 24.3 Å². The molecular weight excluding hydrogens is 244 g/mol. The van der Waals surface area contributed by atoms with E-state index >= 15 is 0 Å². The van der Waals surface area contributed by atoms with Gasteiger partial charge in [0.25, 0.3) is 0 Å². The van der Waals surface area contributed by atoms with Gasteiger partial charge in [0.15, 0.2) is 0 Å². The van der Waals surface area contributed by atoms with E-state index in [0.29, 0.717) is 0 Å². The summed E-state index contributed by atoms with van der Waals surface area (Å²) in [6, 6.07) is 10.2. The van der Waals surface area contributed by atoms with Crippen LogP contribution < -0.4 is 10.6 Å². The molecule has 0 aromatic heterocycles. The fourth-order valence-electron chi connectivity index (χ4n) is 3.62. The van der Waals surface area contributed by atoms with E-state index in [1.54, 1.807) is 11.1 Å². The van der Waals surface area contributed by atoms with Gasteiger partial charge in [0.1, 0.15) is 0 Å². The molecule has 1 aliphatic heterocycles. The van der Waals surface area contributed by atoms with E-state index in [2.05, 4.69) is 34.9 Å². The summed E-state index contributed by atoms with van der Waals surface area (Å²) in [5.41, 5.74) is 3.12. The smallest absolute Gasteiger partial charge is 0.0143 e. The minimum Gasteiger partial charge on any atom is -0.317 e. The number of piperidine rings is 1. The van der Waals surface area contributed by atoms with Crippen LogP contribution in [0.1, 0.15) is 55.1 Å². The average Bonchev–Trinajstić information content (AvgIpc) is 3.40. The van der Waals surface area contributed by atoms with Crippen LogP contribution in [0.3, 0.4) is 0 Å². The molecule has 2 aliphatic carbocycles. The van der Waals surface area contributed by atoms with Crippen LogP contribution in [0.2, 0.25) is 0 Å². The highest BCUT2D eigenvalue weighted by Gasteiger charge is 2.38. The minimum atomic E-state index is 0.747. The highest BCUT2D eigenvalue weighted by Crippen LogP contribution is 2.43. The lowest BCUT2D eigenvalue weighted by molar-refractivity contribution is 0.355. The Morgan fingerprint density at radius 2 is 1.65 bits per heavy atom. The van der Waals surface area contributed by atoms with Crippen LogP contribution in [-0.4, -0.2) is 25.7 Å².